The molecule has 1 aliphatic carbocycles. The summed E-state index contributed by atoms with van der Waals surface area (Å²) < 4.78 is 5.03. The summed E-state index contributed by atoms with van der Waals surface area (Å²) in [5.74, 6) is 0.959. The van der Waals surface area contributed by atoms with Crippen molar-refractivity contribution in [3.8, 4) is 0 Å². The SMILES string of the molecule is COCCN(CCS)C1CC1. The summed E-state index contributed by atoms with van der Waals surface area (Å²) in [6.07, 6.45) is 2.75. The number of rotatable bonds is 6. The Kier molecular flexibility index (Phi) is 4.26. The molecule has 0 aromatic heterocycles. The molecule has 0 aromatic rings. The van der Waals surface area contributed by atoms with E-state index in [9.17, 15) is 0 Å². The van der Waals surface area contributed by atoms with E-state index in [4.69, 9.17) is 4.74 Å². The normalized spacial score (nSPS) is 17.7. The minimum atomic E-state index is 0.845. The van der Waals surface area contributed by atoms with Crippen molar-refractivity contribution in [3.05, 3.63) is 0 Å². The quantitative estimate of drug-likeness (QED) is 0.605. The summed E-state index contributed by atoms with van der Waals surface area (Å²) in [5, 5.41) is 0. The Morgan fingerprint density at radius 1 is 1.45 bits per heavy atom. The molecular weight excluding hydrogens is 158 g/mol. The number of ether oxygens (including phenoxy) is 1. The van der Waals surface area contributed by atoms with E-state index in [0.717, 1.165) is 31.5 Å². The first kappa shape index (κ1) is 9.36. The van der Waals surface area contributed by atoms with Crippen molar-refractivity contribution in [3.63, 3.8) is 0 Å². The zero-order valence-corrected chi connectivity index (χ0v) is 8.02. The molecule has 0 aliphatic heterocycles. The van der Waals surface area contributed by atoms with Gasteiger partial charge in [0.15, 0.2) is 0 Å². The molecule has 0 atom stereocenters. The third kappa shape index (κ3) is 3.45. The minimum Gasteiger partial charge on any atom is -0.383 e. The second-order valence-electron chi connectivity index (χ2n) is 2.98. The molecule has 0 bridgehead atoms. The largest absolute Gasteiger partial charge is 0.383 e. The second kappa shape index (κ2) is 5.01. The molecule has 0 amide bonds. The monoisotopic (exact) mass is 175 g/mol. The van der Waals surface area contributed by atoms with Crippen molar-refractivity contribution in [2.75, 3.05) is 32.6 Å². The highest BCUT2D eigenvalue weighted by molar-refractivity contribution is 7.80. The van der Waals surface area contributed by atoms with Crippen LogP contribution in [-0.4, -0.2) is 43.5 Å². The highest BCUT2D eigenvalue weighted by Crippen LogP contribution is 2.26. The second-order valence-corrected chi connectivity index (χ2v) is 3.43. The standard InChI is InChI=1S/C8H17NOS/c1-10-6-4-9(5-7-11)8-2-3-8/h8,11H,2-7H2,1H3. The van der Waals surface area contributed by atoms with Crippen LogP contribution in [0.4, 0.5) is 0 Å². The van der Waals surface area contributed by atoms with Gasteiger partial charge in [-0.3, -0.25) is 4.90 Å². The van der Waals surface area contributed by atoms with E-state index in [1.807, 2.05) is 0 Å². The van der Waals surface area contributed by atoms with Crippen LogP contribution in [0.15, 0.2) is 0 Å². The third-order valence-electron chi connectivity index (χ3n) is 2.03. The minimum absolute atomic E-state index is 0.845. The first-order chi connectivity index (χ1) is 5.38. The summed E-state index contributed by atoms with van der Waals surface area (Å²) in [4.78, 5) is 2.47. The summed E-state index contributed by atoms with van der Waals surface area (Å²) in [6, 6.07) is 0.845. The Morgan fingerprint density at radius 3 is 2.64 bits per heavy atom. The van der Waals surface area contributed by atoms with Crippen LogP contribution in [0.25, 0.3) is 0 Å². The predicted octanol–water partition coefficient (Wildman–Crippen LogP) is 1.03. The first-order valence-corrected chi connectivity index (χ1v) is 4.85. The molecule has 0 radical (unpaired) electrons. The molecule has 2 nitrogen and oxygen atoms in total. The summed E-state index contributed by atoms with van der Waals surface area (Å²) >= 11 is 4.22. The first-order valence-electron chi connectivity index (χ1n) is 4.22. The van der Waals surface area contributed by atoms with Gasteiger partial charge >= 0.3 is 0 Å². The lowest BCUT2D eigenvalue weighted by Gasteiger charge is -2.19. The van der Waals surface area contributed by atoms with Crippen LogP contribution in [-0.2, 0) is 4.74 Å². The van der Waals surface area contributed by atoms with Crippen LogP contribution in [0.5, 0.6) is 0 Å². The maximum atomic E-state index is 5.03. The van der Waals surface area contributed by atoms with Crippen molar-refractivity contribution >= 4 is 12.6 Å². The zero-order chi connectivity index (χ0) is 8.10. The lowest BCUT2D eigenvalue weighted by atomic mass is 10.4. The fourth-order valence-electron chi connectivity index (χ4n) is 1.25. The van der Waals surface area contributed by atoms with Gasteiger partial charge in [0.05, 0.1) is 6.61 Å². The Bertz CT molecular complexity index is 106. The zero-order valence-electron chi connectivity index (χ0n) is 7.12. The van der Waals surface area contributed by atoms with Gasteiger partial charge in [-0.1, -0.05) is 0 Å². The Hall–Kier alpha value is 0.270. The van der Waals surface area contributed by atoms with Crippen LogP contribution < -0.4 is 0 Å². The maximum Gasteiger partial charge on any atom is 0.0589 e. The molecule has 11 heavy (non-hydrogen) atoms. The molecule has 0 heterocycles. The number of hydrogen-bond acceptors (Lipinski definition) is 3. The average molecular weight is 175 g/mol. The van der Waals surface area contributed by atoms with Crippen molar-refractivity contribution in [1.82, 2.24) is 4.90 Å². The van der Waals surface area contributed by atoms with E-state index in [-0.39, 0.29) is 0 Å². The van der Waals surface area contributed by atoms with E-state index < -0.39 is 0 Å². The number of thiol groups is 1. The van der Waals surface area contributed by atoms with Gasteiger partial charge < -0.3 is 4.74 Å². The molecule has 1 saturated carbocycles. The van der Waals surface area contributed by atoms with Gasteiger partial charge in [-0.25, -0.2) is 0 Å². The number of nitrogens with zero attached hydrogens (tertiary/aromatic N) is 1. The molecule has 1 fully saturated rings. The van der Waals surface area contributed by atoms with E-state index in [2.05, 4.69) is 17.5 Å². The molecular formula is C8H17NOS. The van der Waals surface area contributed by atoms with Gasteiger partial charge in [0.1, 0.15) is 0 Å². The third-order valence-corrected chi connectivity index (χ3v) is 2.23. The van der Waals surface area contributed by atoms with Crippen molar-refractivity contribution in [2.45, 2.75) is 18.9 Å². The Balaban J connectivity index is 2.10. The highest BCUT2D eigenvalue weighted by atomic mass is 32.1. The molecule has 0 aromatic carbocycles. The van der Waals surface area contributed by atoms with Crippen LogP contribution >= 0.6 is 12.6 Å². The van der Waals surface area contributed by atoms with E-state index in [1.54, 1.807) is 7.11 Å². The average Bonchev–Trinajstić information content (AvgIpc) is 2.80. The number of hydrogen-bond donors (Lipinski definition) is 1. The van der Waals surface area contributed by atoms with Crippen molar-refractivity contribution in [1.29, 1.82) is 0 Å². The lowest BCUT2D eigenvalue weighted by molar-refractivity contribution is 0.148. The van der Waals surface area contributed by atoms with Gasteiger partial charge in [-0.2, -0.15) is 12.6 Å². The molecule has 0 unspecified atom stereocenters. The molecule has 66 valence electrons. The predicted molar refractivity (Wildman–Crippen MR) is 50.3 cm³/mol. The maximum absolute atomic E-state index is 5.03. The van der Waals surface area contributed by atoms with E-state index in [1.165, 1.54) is 12.8 Å². The molecule has 1 aliphatic rings. The molecule has 0 N–H and O–H groups in total. The molecule has 3 heteroatoms. The Labute approximate surface area is 74.3 Å². The van der Waals surface area contributed by atoms with E-state index in [0.29, 0.717) is 0 Å². The van der Waals surface area contributed by atoms with Crippen LogP contribution in [0.3, 0.4) is 0 Å². The topological polar surface area (TPSA) is 12.5 Å². The lowest BCUT2D eigenvalue weighted by Crippen LogP contribution is -2.31. The summed E-state index contributed by atoms with van der Waals surface area (Å²) in [5.41, 5.74) is 0. The Morgan fingerprint density at radius 2 is 2.18 bits per heavy atom. The van der Waals surface area contributed by atoms with Gasteiger partial charge in [0.25, 0.3) is 0 Å². The van der Waals surface area contributed by atoms with Crippen molar-refractivity contribution < 1.29 is 4.74 Å². The van der Waals surface area contributed by atoms with Crippen LogP contribution in [0.1, 0.15) is 12.8 Å². The number of methoxy groups -OCH3 is 1. The molecule has 0 saturated heterocycles. The van der Waals surface area contributed by atoms with Gasteiger partial charge in [0.2, 0.25) is 0 Å². The molecule has 1 rings (SSSR count). The van der Waals surface area contributed by atoms with Crippen LogP contribution in [0.2, 0.25) is 0 Å². The summed E-state index contributed by atoms with van der Waals surface area (Å²) in [6.45, 7) is 3.03. The van der Waals surface area contributed by atoms with Crippen molar-refractivity contribution in [2.24, 2.45) is 0 Å². The summed E-state index contributed by atoms with van der Waals surface area (Å²) in [7, 11) is 1.76. The molecule has 0 spiro atoms. The van der Waals surface area contributed by atoms with Crippen LogP contribution in [0, 0.1) is 0 Å². The fraction of sp³-hybridized carbons (Fsp3) is 1.00. The fourth-order valence-corrected chi connectivity index (χ4v) is 1.51. The van der Waals surface area contributed by atoms with Gasteiger partial charge in [-0.15, -0.1) is 0 Å². The van der Waals surface area contributed by atoms with Gasteiger partial charge in [0, 0.05) is 32.0 Å². The highest BCUT2D eigenvalue weighted by Gasteiger charge is 2.27. The van der Waals surface area contributed by atoms with E-state index >= 15 is 0 Å². The van der Waals surface area contributed by atoms with Gasteiger partial charge in [-0.05, 0) is 12.8 Å². The smallest absolute Gasteiger partial charge is 0.0589 e.